The van der Waals surface area contributed by atoms with Crippen molar-refractivity contribution in [2.45, 2.75) is 26.8 Å². The predicted octanol–water partition coefficient (Wildman–Crippen LogP) is 0.575. The van der Waals surface area contributed by atoms with Crippen molar-refractivity contribution in [2.75, 3.05) is 39.3 Å². The Morgan fingerprint density at radius 2 is 1.87 bits per heavy atom. The minimum Gasteiger partial charge on any atom is -0.465 e. The fourth-order valence-corrected chi connectivity index (χ4v) is 1.83. The number of hydrogen-bond donors (Lipinski definition) is 0. The van der Waals surface area contributed by atoms with Gasteiger partial charge in [0.05, 0.1) is 13.2 Å². The van der Waals surface area contributed by atoms with E-state index in [9.17, 15) is 4.79 Å². The average Bonchev–Trinajstić information content (AvgIpc) is 2.18. The van der Waals surface area contributed by atoms with Gasteiger partial charge in [0, 0.05) is 32.2 Å². The first-order chi connectivity index (χ1) is 7.13. The number of nitrogens with zero attached hydrogens (tertiary/aromatic N) is 2. The number of piperazine rings is 1. The first kappa shape index (κ1) is 12.5. The van der Waals surface area contributed by atoms with Gasteiger partial charge in [-0.2, -0.15) is 0 Å². The van der Waals surface area contributed by atoms with E-state index in [0.29, 0.717) is 19.2 Å². The standard InChI is InChI=1S/C11H22N2O2/c1-4-15-11(14)9-12-5-7-13(8-6-12)10(2)3/h10H,4-9H2,1-3H3. The summed E-state index contributed by atoms with van der Waals surface area (Å²) < 4.78 is 4.92. The molecule has 1 rings (SSSR count). The Morgan fingerprint density at radius 1 is 1.27 bits per heavy atom. The largest absolute Gasteiger partial charge is 0.465 e. The molecule has 0 aromatic rings. The molecule has 15 heavy (non-hydrogen) atoms. The fraction of sp³-hybridized carbons (Fsp3) is 0.909. The van der Waals surface area contributed by atoms with Crippen LogP contribution in [0.3, 0.4) is 0 Å². The van der Waals surface area contributed by atoms with Gasteiger partial charge in [-0.1, -0.05) is 0 Å². The molecule has 88 valence electrons. The van der Waals surface area contributed by atoms with E-state index in [2.05, 4.69) is 23.6 Å². The Hall–Kier alpha value is -0.610. The molecule has 1 aliphatic heterocycles. The molecule has 0 unspecified atom stereocenters. The Balaban J connectivity index is 2.22. The highest BCUT2D eigenvalue weighted by Crippen LogP contribution is 2.05. The second kappa shape index (κ2) is 6.08. The lowest BCUT2D eigenvalue weighted by Crippen LogP contribution is -2.50. The van der Waals surface area contributed by atoms with E-state index in [1.54, 1.807) is 0 Å². The summed E-state index contributed by atoms with van der Waals surface area (Å²) in [5.41, 5.74) is 0. The maximum Gasteiger partial charge on any atom is 0.320 e. The Bertz CT molecular complexity index is 199. The quantitative estimate of drug-likeness (QED) is 0.641. The van der Waals surface area contributed by atoms with Crippen LogP contribution in [0.2, 0.25) is 0 Å². The van der Waals surface area contributed by atoms with E-state index in [-0.39, 0.29) is 5.97 Å². The van der Waals surface area contributed by atoms with Gasteiger partial charge in [-0.25, -0.2) is 0 Å². The Kier molecular flexibility index (Phi) is 5.05. The molecule has 1 heterocycles. The maximum atomic E-state index is 11.2. The van der Waals surface area contributed by atoms with Crippen molar-refractivity contribution < 1.29 is 9.53 Å². The number of carbonyl (C=O) groups excluding carboxylic acids is 1. The van der Waals surface area contributed by atoms with Gasteiger partial charge in [0.2, 0.25) is 0 Å². The summed E-state index contributed by atoms with van der Waals surface area (Å²) in [6, 6.07) is 0.606. The molecule has 0 amide bonds. The summed E-state index contributed by atoms with van der Waals surface area (Å²) in [5.74, 6) is -0.101. The fourth-order valence-electron chi connectivity index (χ4n) is 1.83. The van der Waals surface area contributed by atoms with Crippen LogP contribution in [0.4, 0.5) is 0 Å². The van der Waals surface area contributed by atoms with Gasteiger partial charge >= 0.3 is 5.97 Å². The van der Waals surface area contributed by atoms with Gasteiger partial charge in [-0.05, 0) is 20.8 Å². The molecule has 0 saturated carbocycles. The first-order valence-corrected chi connectivity index (χ1v) is 5.75. The van der Waals surface area contributed by atoms with Crippen molar-refractivity contribution in [1.29, 1.82) is 0 Å². The van der Waals surface area contributed by atoms with Crippen LogP contribution in [0.1, 0.15) is 20.8 Å². The summed E-state index contributed by atoms with van der Waals surface area (Å²) in [7, 11) is 0. The normalized spacial score (nSPS) is 19.5. The second-order valence-corrected chi connectivity index (χ2v) is 4.21. The predicted molar refractivity (Wildman–Crippen MR) is 59.8 cm³/mol. The first-order valence-electron chi connectivity index (χ1n) is 5.75. The van der Waals surface area contributed by atoms with E-state index in [4.69, 9.17) is 4.74 Å². The van der Waals surface area contributed by atoms with Crippen molar-refractivity contribution in [1.82, 2.24) is 9.80 Å². The van der Waals surface area contributed by atoms with Crippen LogP contribution in [0.5, 0.6) is 0 Å². The molecule has 0 atom stereocenters. The SMILES string of the molecule is CCOC(=O)CN1CCN(C(C)C)CC1. The zero-order valence-electron chi connectivity index (χ0n) is 10.0. The average molecular weight is 214 g/mol. The van der Waals surface area contributed by atoms with E-state index in [1.807, 2.05) is 6.92 Å². The molecular formula is C11H22N2O2. The van der Waals surface area contributed by atoms with Crippen molar-refractivity contribution in [2.24, 2.45) is 0 Å². The number of hydrogen-bond acceptors (Lipinski definition) is 4. The molecule has 4 nitrogen and oxygen atoms in total. The smallest absolute Gasteiger partial charge is 0.320 e. The van der Waals surface area contributed by atoms with Crippen molar-refractivity contribution in [3.63, 3.8) is 0 Å². The van der Waals surface area contributed by atoms with Crippen LogP contribution >= 0.6 is 0 Å². The number of esters is 1. The summed E-state index contributed by atoms with van der Waals surface area (Å²) >= 11 is 0. The van der Waals surface area contributed by atoms with Gasteiger partial charge in [-0.15, -0.1) is 0 Å². The zero-order valence-corrected chi connectivity index (χ0v) is 10.0. The van der Waals surface area contributed by atoms with Crippen LogP contribution in [0.15, 0.2) is 0 Å². The molecular weight excluding hydrogens is 192 g/mol. The van der Waals surface area contributed by atoms with Crippen molar-refractivity contribution in [3.05, 3.63) is 0 Å². The van der Waals surface area contributed by atoms with Crippen LogP contribution in [-0.4, -0.2) is 61.1 Å². The Morgan fingerprint density at radius 3 is 2.33 bits per heavy atom. The third-order valence-electron chi connectivity index (χ3n) is 2.80. The van der Waals surface area contributed by atoms with Crippen LogP contribution in [-0.2, 0) is 9.53 Å². The van der Waals surface area contributed by atoms with Gasteiger partial charge in [0.15, 0.2) is 0 Å². The molecule has 1 fully saturated rings. The van der Waals surface area contributed by atoms with Crippen molar-refractivity contribution >= 4 is 5.97 Å². The minimum absolute atomic E-state index is 0.101. The molecule has 0 aliphatic carbocycles. The molecule has 1 aliphatic rings. The minimum atomic E-state index is -0.101. The molecule has 0 aromatic carbocycles. The number of carbonyl (C=O) groups is 1. The van der Waals surface area contributed by atoms with Gasteiger partial charge in [-0.3, -0.25) is 14.6 Å². The Labute approximate surface area is 92.2 Å². The van der Waals surface area contributed by atoms with Crippen LogP contribution in [0.25, 0.3) is 0 Å². The second-order valence-electron chi connectivity index (χ2n) is 4.21. The van der Waals surface area contributed by atoms with Gasteiger partial charge in [0.1, 0.15) is 0 Å². The lowest BCUT2D eigenvalue weighted by Gasteiger charge is -2.36. The molecule has 0 radical (unpaired) electrons. The molecule has 0 N–H and O–H groups in total. The van der Waals surface area contributed by atoms with Crippen molar-refractivity contribution in [3.8, 4) is 0 Å². The molecule has 0 spiro atoms. The lowest BCUT2D eigenvalue weighted by molar-refractivity contribution is -0.144. The topological polar surface area (TPSA) is 32.8 Å². The molecule has 1 saturated heterocycles. The summed E-state index contributed by atoms with van der Waals surface area (Å²) in [6.45, 7) is 11.2. The van der Waals surface area contributed by atoms with E-state index in [0.717, 1.165) is 26.2 Å². The van der Waals surface area contributed by atoms with Crippen LogP contribution in [0, 0.1) is 0 Å². The van der Waals surface area contributed by atoms with E-state index < -0.39 is 0 Å². The highest BCUT2D eigenvalue weighted by molar-refractivity contribution is 5.71. The summed E-state index contributed by atoms with van der Waals surface area (Å²) in [4.78, 5) is 15.8. The summed E-state index contributed by atoms with van der Waals surface area (Å²) in [6.07, 6.45) is 0. The van der Waals surface area contributed by atoms with Gasteiger partial charge < -0.3 is 4.74 Å². The molecule has 4 heteroatoms. The van der Waals surface area contributed by atoms with E-state index in [1.165, 1.54) is 0 Å². The number of rotatable bonds is 4. The summed E-state index contributed by atoms with van der Waals surface area (Å²) in [5, 5.41) is 0. The number of ether oxygens (including phenoxy) is 1. The molecule has 0 aromatic heterocycles. The lowest BCUT2D eigenvalue weighted by atomic mass is 10.2. The maximum absolute atomic E-state index is 11.2. The highest BCUT2D eigenvalue weighted by Gasteiger charge is 2.20. The van der Waals surface area contributed by atoms with Crippen LogP contribution < -0.4 is 0 Å². The third-order valence-corrected chi connectivity index (χ3v) is 2.80. The van der Waals surface area contributed by atoms with Gasteiger partial charge in [0.25, 0.3) is 0 Å². The molecule has 0 bridgehead atoms. The third kappa shape index (κ3) is 4.18. The monoisotopic (exact) mass is 214 g/mol. The van der Waals surface area contributed by atoms with E-state index >= 15 is 0 Å². The zero-order chi connectivity index (χ0) is 11.3. The highest BCUT2D eigenvalue weighted by atomic mass is 16.5.